The Morgan fingerprint density at radius 2 is 2.11 bits per heavy atom. The van der Waals surface area contributed by atoms with Crippen molar-refractivity contribution in [3.05, 3.63) is 29.6 Å². The van der Waals surface area contributed by atoms with Crippen molar-refractivity contribution in [2.75, 3.05) is 6.54 Å². The monoisotopic (exact) mass is 276 g/mol. The van der Waals surface area contributed by atoms with Crippen molar-refractivity contribution in [1.29, 1.82) is 0 Å². The summed E-state index contributed by atoms with van der Waals surface area (Å²) in [5.74, 6) is 0. The molecule has 0 saturated heterocycles. The molecule has 0 radical (unpaired) electrons. The maximum Gasteiger partial charge on any atom is 0.414 e. The topological polar surface area (TPSA) is 34.1 Å². The Bertz CT molecular complexity index is 365. The predicted octanol–water partition coefficient (Wildman–Crippen LogP) is 3.05. The van der Waals surface area contributed by atoms with Crippen LogP contribution in [-0.4, -0.2) is 23.8 Å². The van der Waals surface area contributed by atoms with Crippen LogP contribution in [0.1, 0.15) is 31.5 Å². The zero-order valence-corrected chi connectivity index (χ0v) is 11.1. The lowest BCUT2D eigenvalue weighted by atomic mass is 10.2. The second kappa shape index (κ2) is 7.45. The molecule has 1 aromatic rings. The fraction of sp³-hybridized carbons (Fsp3) is 0.615. The van der Waals surface area contributed by atoms with Gasteiger partial charge in [0.1, 0.15) is 0 Å². The third-order valence-corrected chi connectivity index (χ3v) is 2.58. The molecule has 1 unspecified atom stereocenters. The van der Waals surface area contributed by atoms with Crippen LogP contribution < -0.4 is 5.32 Å². The number of ether oxygens (including phenoxy) is 1. The van der Waals surface area contributed by atoms with E-state index in [9.17, 15) is 13.2 Å². The molecule has 0 aromatic carbocycles. The van der Waals surface area contributed by atoms with E-state index in [1.807, 2.05) is 6.07 Å². The van der Waals surface area contributed by atoms with Crippen LogP contribution in [0.3, 0.4) is 0 Å². The average Bonchev–Trinajstić information content (AvgIpc) is 2.36. The van der Waals surface area contributed by atoms with Gasteiger partial charge in [-0.1, -0.05) is 13.0 Å². The largest absolute Gasteiger partial charge is 0.414 e. The van der Waals surface area contributed by atoms with E-state index in [1.165, 1.54) is 0 Å². The van der Waals surface area contributed by atoms with E-state index in [2.05, 4.69) is 17.2 Å². The summed E-state index contributed by atoms with van der Waals surface area (Å²) < 4.78 is 41.4. The molecule has 0 aliphatic carbocycles. The van der Waals surface area contributed by atoms with E-state index < -0.39 is 12.3 Å². The summed E-state index contributed by atoms with van der Waals surface area (Å²) in [7, 11) is 0. The second-order valence-electron chi connectivity index (χ2n) is 4.33. The number of rotatable bonds is 7. The van der Waals surface area contributed by atoms with Crippen molar-refractivity contribution < 1.29 is 17.9 Å². The van der Waals surface area contributed by atoms with Gasteiger partial charge in [-0.2, -0.15) is 13.2 Å². The third-order valence-electron chi connectivity index (χ3n) is 2.58. The quantitative estimate of drug-likeness (QED) is 0.777. The smallest absolute Gasteiger partial charge is 0.363 e. The van der Waals surface area contributed by atoms with E-state index in [0.717, 1.165) is 25.5 Å². The summed E-state index contributed by atoms with van der Waals surface area (Å²) in [6.07, 6.45) is -3.40. The van der Waals surface area contributed by atoms with E-state index in [-0.39, 0.29) is 6.61 Å². The van der Waals surface area contributed by atoms with E-state index in [0.29, 0.717) is 12.2 Å². The molecule has 1 heterocycles. The minimum atomic E-state index is -4.33. The molecule has 3 nitrogen and oxygen atoms in total. The van der Waals surface area contributed by atoms with Gasteiger partial charge in [0.15, 0.2) is 6.10 Å². The van der Waals surface area contributed by atoms with Crippen molar-refractivity contribution in [3.8, 4) is 0 Å². The Kier molecular flexibility index (Phi) is 6.24. The highest BCUT2D eigenvalue weighted by molar-refractivity contribution is 5.13. The number of nitrogens with zero attached hydrogens (tertiary/aromatic N) is 1. The summed E-state index contributed by atoms with van der Waals surface area (Å²) in [6.45, 7) is 4.56. The zero-order valence-electron chi connectivity index (χ0n) is 11.1. The molecule has 0 aliphatic heterocycles. The third kappa shape index (κ3) is 6.02. The van der Waals surface area contributed by atoms with E-state index >= 15 is 0 Å². The fourth-order valence-electron chi connectivity index (χ4n) is 1.36. The van der Waals surface area contributed by atoms with Gasteiger partial charge in [0.25, 0.3) is 0 Å². The Hall–Kier alpha value is -1.14. The van der Waals surface area contributed by atoms with Crippen molar-refractivity contribution in [2.45, 2.75) is 45.7 Å². The molecule has 1 aromatic heterocycles. The second-order valence-corrected chi connectivity index (χ2v) is 4.33. The SMILES string of the molecule is CCCNCc1ccc(COC(C)C(F)(F)F)nc1. The molecular formula is C13H19F3N2O. The van der Waals surface area contributed by atoms with E-state index in [1.54, 1.807) is 12.3 Å². The van der Waals surface area contributed by atoms with Gasteiger partial charge in [0.2, 0.25) is 0 Å². The highest BCUT2D eigenvalue weighted by Crippen LogP contribution is 2.22. The molecule has 19 heavy (non-hydrogen) atoms. The average molecular weight is 276 g/mol. The van der Waals surface area contributed by atoms with E-state index in [4.69, 9.17) is 4.74 Å². The fourth-order valence-corrected chi connectivity index (χ4v) is 1.36. The number of pyridine rings is 1. The molecule has 6 heteroatoms. The highest BCUT2D eigenvalue weighted by Gasteiger charge is 2.36. The first-order valence-electron chi connectivity index (χ1n) is 6.26. The Morgan fingerprint density at radius 3 is 2.63 bits per heavy atom. The number of alkyl halides is 3. The molecule has 1 atom stereocenters. The molecule has 0 aliphatic rings. The highest BCUT2D eigenvalue weighted by atomic mass is 19.4. The molecule has 0 spiro atoms. The maximum atomic E-state index is 12.2. The van der Waals surface area contributed by atoms with Gasteiger partial charge in [0.05, 0.1) is 12.3 Å². The summed E-state index contributed by atoms with van der Waals surface area (Å²) in [6, 6.07) is 3.53. The van der Waals surface area contributed by atoms with Crippen LogP contribution in [0.5, 0.6) is 0 Å². The minimum absolute atomic E-state index is 0.136. The van der Waals surface area contributed by atoms with Crippen molar-refractivity contribution in [1.82, 2.24) is 10.3 Å². The molecule has 1 rings (SSSR count). The first-order chi connectivity index (χ1) is 8.93. The van der Waals surface area contributed by atoms with Gasteiger partial charge < -0.3 is 10.1 Å². The molecule has 0 saturated carbocycles. The number of aromatic nitrogens is 1. The number of hydrogen-bond acceptors (Lipinski definition) is 3. The predicted molar refractivity (Wildman–Crippen MR) is 66.5 cm³/mol. The normalized spacial score (nSPS) is 13.5. The zero-order chi connectivity index (χ0) is 14.3. The van der Waals surface area contributed by atoms with Gasteiger partial charge in [-0.05, 0) is 31.5 Å². The van der Waals surface area contributed by atoms with Crippen LogP contribution in [0.15, 0.2) is 18.3 Å². The summed E-state index contributed by atoms with van der Waals surface area (Å²) in [5, 5.41) is 3.22. The van der Waals surface area contributed by atoms with Crippen molar-refractivity contribution in [2.24, 2.45) is 0 Å². The van der Waals surface area contributed by atoms with Gasteiger partial charge in [-0.15, -0.1) is 0 Å². The number of halogens is 3. The van der Waals surface area contributed by atoms with Crippen molar-refractivity contribution in [3.63, 3.8) is 0 Å². The van der Waals surface area contributed by atoms with Gasteiger partial charge in [0, 0.05) is 12.7 Å². The standard InChI is InChI=1S/C13H19F3N2O/c1-3-6-17-7-11-4-5-12(18-8-11)9-19-10(2)13(14,15)16/h4-5,8,10,17H,3,6-7,9H2,1-2H3. The Morgan fingerprint density at radius 1 is 1.37 bits per heavy atom. The lowest BCUT2D eigenvalue weighted by Gasteiger charge is -2.16. The van der Waals surface area contributed by atoms with Gasteiger partial charge in [-0.3, -0.25) is 4.98 Å². The summed E-state index contributed by atoms with van der Waals surface area (Å²) >= 11 is 0. The summed E-state index contributed by atoms with van der Waals surface area (Å²) in [4.78, 5) is 4.08. The summed E-state index contributed by atoms with van der Waals surface area (Å²) in [5.41, 5.74) is 1.50. The lowest BCUT2D eigenvalue weighted by molar-refractivity contribution is -0.217. The molecule has 1 N–H and O–H groups in total. The van der Waals surface area contributed by atoms with Crippen molar-refractivity contribution >= 4 is 0 Å². The molecule has 0 fully saturated rings. The van der Waals surface area contributed by atoms with Crippen LogP contribution in [0, 0.1) is 0 Å². The first-order valence-corrected chi connectivity index (χ1v) is 6.26. The van der Waals surface area contributed by atoms with Gasteiger partial charge in [-0.25, -0.2) is 0 Å². The Balaban J connectivity index is 2.40. The molecule has 0 amide bonds. The number of nitrogens with one attached hydrogen (secondary N) is 1. The van der Waals surface area contributed by atoms with Crippen LogP contribution in [0.2, 0.25) is 0 Å². The maximum absolute atomic E-state index is 12.2. The Labute approximate surface area is 111 Å². The van der Waals surface area contributed by atoms with Crippen LogP contribution in [0.4, 0.5) is 13.2 Å². The molecule has 108 valence electrons. The molecule has 0 bridgehead atoms. The number of hydrogen-bond donors (Lipinski definition) is 1. The van der Waals surface area contributed by atoms with Crippen LogP contribution >= 0.6 is 0 Å². The molecular weight excluding hydrogens is 257 g/mol. The first kappa shape index (κ1) is 15.9. The van der Waals surface area contributed by atoms with Crippen LogP contribution in [0.25, 0.3) is 0 Å². The lowest BCUT2D eigenvalue weighted by Crippen LogP contribution is -2.28. The van der Waals surface area contributed by atoms with Gasteiger partial charge >= 0.3 is 6.18 Å². The minimum Gasteiger partial charge on any atom is -0.363 e. The van der Waals surface area contributed by atoms with Crippen LogP contribution in [-0.2, 0) is 17.9 Å².